The van der Waals surface area contributed by atoms with E-state index in [0.717, 1.165) is 11.4 Å². The molecule has 1 heterocycles. The Balaban J connectivity index is 1.87. The molecule has 3 rings (SSSR count). The maximum atomic E-state index is 13.0. The van der Waals surface area contributed by atoms with Gasteiger partial charge in [0.05, 0.1) is 24.7 Å². The number of carbonyl (C=O) groups is 1. The van der Waals surface area contributed by atoms with E-state index in [0.29, 0.717) is 34.8 Å². The quantitative estimate of drug-likeness (QED) is 0.240. The molecular formula is C25H28N2O6. The van der Waals surface area contributed by atoms with E-state index in [4.69, 9.17) is 14.2 Å². The van der Waals surface area contributed by atoms with Gasteiger partial charge in [-0.3, -0.25) is 14.9 Å². The third kappa shape index (κ3) is 5.23. The van der Waals surface area contributed by atoms with E-state index in [1.165, 1.54) is 18.2 Å². The minimum atomic E-state index is -0.460. The summed E-state index contributed by atoms with van der Waals surface area (Å²) < 4.78 is 18.4. The largest absolute Gasteiger partial charge is 0.497 e. The Morgan fingerprint density at radius 1 is 1.09 bits per heavy atom. The van der Waals surface area contributed by atoms with E-state index >= 15 is 0 Å². The molecule has 0 radical (unpaired) electrons. The van der Waals surface area contributed by atoms with E-state index in [1.54, 1.807) is 38.5 Å². The number of carbonyl (C=O) groups excluding carboxylic acids is 1. The number of rotatable bonds is 10. The highest BCUT2D eigenvalue weighted by Crippen LogP contribution is 2.34. The highest BCUT2D eigenvalue weighted by molar-refractivity contribution is 5.98. The van der Waals surface area contributed by atoms with Crippen molar-refractivity contribution in [3.8, 4) is 22.6 Å². The fourth-order valence-electron chi connectivity index (χ4n) is 4.03. The van der Waals surface area contributed by atoms with Crippen molar-refractivity contribution < 1.29 is 23.9 Å². The zero-order valence-electron chi connectivity index (χ0n) is 19.5. The summed E-state index contributed by atoms with van der Waals surface area (Å²) in [6.07, 6.45) is 0. The van der Waals surface area contributed by atoms with Crippen LogP contribution >= 0.6 is 0 Å². The molecule has 3 aromatic rings. The van der Waals surface area contributed by atoms with Crippen LogP contribution < -0.4 is 9.47 Å². The Morgan fingerprint density at radius 2 is 1.79 bits per heavy atom. The van der Waals surface area contributed by atoms with Crippen LogP contribution in [0.3, 0.4) is 0 Å². The molecule has 0 aliphatic heterocycles. The molecule has 1 unspecified atom stereocenters. The Bertz CT molecular complexity index is 1150. The zero-order valence-corrected chi connectivity index (χ0v) is 19.5. The van der Waals surface area contributed by atoms with Crippen molar-refractivity contribution in [2.45, 2.75) is 26.8 Å². The van der Waals surface area contributed by atoms with Gasteiger partial charge in [0.25, 0.3) is 5.69 Å². The van der Waals surface area contributed by atoms with E-state index in [9.17, 15) is 14.9 Å². The fourth-order valence-corrected chi connectivity index (χ4v) is 4.03. The summed E-state index contributed by atoms with van der Waals surface area (Å²) in [5.41, 5.74) is 3.59. The van der Waals surface area contributed by atoms with Gasteiger partial charge < -0.3 is 18.8 Å². The first-order chi connectivity index (χ1) is 15.8. The first kappa shape index (κ1) is 24.0. The second-order valence-electron chi connectivity index (χ2n) is 7.84. The molecule has 0 bridgehead atoms. The predicted molar refractivity (Wildman–Crippen MR) is 125 cm³/mol. The smallest absolute Gasteiger partial charge is 0.270 e. The first-order valence-corrected chi connectivity index (χ1v) is 10.5. The van der Waals surface area contributed by atoms with Gasteiger partial charge in [-0.1, -0.05) is 12.1 Å². The summed E-state index contributed by atoms with van der Waals surface area (Å²) in [6.45, 7) is 6.24. The minimum Gasteiger partial charge on any atom is -0.497 e. The molecule has 1 aromatic heterocycles. The van der Waals surface area contributed by atoms with Crippen molar-refractivity contribution in [2.75, 3.05) is 27.4 Å². The SMILES string of the molecule is COCC(C)n1c(C)cc(C(=O)COc2ccc([N+](=O)[O-])cc2-c2ccc(OC)cc2)c1C. The number of Topliss-reactive ketones (excluding diaryl/α,β-unsaturated/α-hetero) is 1. The molecule has 0 aliphatic rings. The Morgan fingerprint density at radius 3 is 2.39 bits per heavy atom. The zero-order chi connectivity index (χ0) is 24.1. The maximum absolute atomic E-state index is 13.0. The number of ether oxygens (including phenoxy) is 3. The van der Waals surface area contributed by atoms with Crippen LogP contribution in [-0.2, 0) is 4.74 Å². The second-order valence-corrected chi connectivity index (χ2v) is 7.84. The van der Waals surface area contributed by atoms with Crippen molar-refractivity contribution in [3.63, 3.8) is 0 Å². The van der Waals surface area contributed by atoms with Gasteiger partial charge in [-0.05, 0) is 50.6 Å². The van der Waals surface area contributed by atoms with Gasteiger partial charge in [-0.2, -0.15) is 0 Å². The van der Waals surface area contributed by atoms with Gasteiger partial charge in [0.2, 0.25) is 5.78 Å². The normalized spacial score (nSPS) is 11.8. The Kier molecular flexibility index (Phi) is 7.50. The predicted octanol–water partition coefficient (Wildman–Crippen LogP) is 5.16. The average molecular weight is 453 g/mol. The fraction of sp³-hybridized carbons (Fsp3) is 0.320. The summed E-state index contributed by atoms with van der Waals surface area (Å²) in [5.74, 6) is 0.888. The molecule has 0 amide bonds. The molecule has 2 aromatic carbocycles. The van der Waals surface area contributed by atoms with Crippen molar-refractivity contribution >= 4 is 11.5 Å². The van der Waals surface area contributed by atoms with Crippen LogP contribution in [0, 0.1) is 24.0 Å². The van der Waals surface area contributed by atoms with Crippen molar-refractivity contribution in [3.05, 3.63) is 75.6 Å². The molecule has 0 saturated carbocycles. The number of benzene rings is 2. The number of nitro benzene ring substituents is 1. The van der Waals surface area contributed by atoms with Crippen molar-refractivity contribution in [1.82, 2.24) is 4.57 Å². The monoisotopic (exact) mass is 452 g/mol. The molecule has 8 heteroatoms. The lowest BCUT2D eigenvalue weighted by Crippen LogP contribution is -2.16. The molecule has 0 saturated heterocycles. The lowest BCUT2D eigenvalue weighted by molar-refractivity contribution is -0.384. The van der Waals surface area contributed by atoms with Crippen LogP contribution in [0.25, 0.3) is 11.1 Å². The number of aryl methyl sites for hydroxylation is 1. The third-order valence-corrected chi connectivity index (χ3v) is 5.57. The number of methoxy groups -OCH3 is 2. The Hall–Kier alpha value is -3.65. The molecule has 0 aliphatic carbocycles. The standard InChI is InChI=1S/C25H28N2O6/c1-16-12-22(18(3)26(16)17(2)14-31-4)24(28)15-33-25-11-8-20(27(29)30)13-23(25)19-6-9-21(32-5)10-7-19/h6-13,17H,14-15H2,1-5H3. The van der Waals surface area contributed by atoms with Gasteiger partial charge in [-0.15, -0.1) is 0 Å². The van der Waals surface area contributed by atoms with Gasteiger partial charge in [0.1, 0.15) is 11.5 Å². The summed E-state index contributed by atoms with van der Waals surface area (Å²) in [7, 11) is 3.21. The number of non-ortho nitro benzene ring substituents is 1. The summed E-state index contributed by atoms with van der Waals surface area (Å²) in [4.78, 5) is 23.8. The molecule has 174 valence electrons. The average Bonchev–Trinajstić information content (AvgIpc) is 3.11. The highest BCUT2D eigenvalue weighted by Gasteiger charge is 2.20. The lowest BCUT2D eigenvalue weighted by atomic mass is 10.0. The van der Waals surface area contributed by atoms with Crippen LogP contribution in [-0.4, -0.2) is 42.7 Å². The van der Waals surface area contributed by atoms with Crippen LogP contribution in [0.4, 0.5) is 5.69 Å². The molecule has 8 nitrogen and oxygen atoms in total. The molecule has 0 spiro atoms. The number of nitro groups is 1. The van der Waals surface area contributed by atoms with E-state index in [-0.39, 0.29) is 24.1 Å². The van der Waals surface area contributed by atoms with Gasteiger partial charge in [-0.25, -0.2) is 0 Å². The number of aromatic nitrogens is 1. The topological polar surface area (TPSA) is 92.8 Å². The number of hydrogen-bond donors (Lipinski definition) is 0. The number of nitrogens with zero attached hydrogens (tertiary/aromatic N) is 2. The van der Waals surface area contributed by atoms with Crippen molar-refractivity contribution in [2.24, 2.45) is 0 Å². The van der Waals surface area contributed by atoms with Crippen LogP contribution in [0.1, 0.15) is 34.7 Å². The van der Waals surface area contributed by atoms with Gasteiger partial charge in [0.15, 0.2) is 6.61 Å². The van der Waals surface area contributed by atoms with E-state index < -0.39 is 4.92 Å². The molecule has 1 atom stereocenters. The second kappa shape index (κ2) is 10.3. The lowest BCUT2D eigenvalue weighted by Gasteiger charge is -2.17. The minimum absolute atomic E-state index is 0.0600. The molecule has 0 fully saturated rings. The van der Waals surface area contributed by atoms with Gasteiger partial charge in [0, 0.05) is 41.8 Å². The van der Waals surface area contributed by atoms with Crippen LogP contribution in [0.2, 0.25) is 0 Å². The maximum Gasteiger partial charge on any atom is 0.270 e. The summed E-state index contributed by atoms with van der Waals surface area (Å²) in [6, 6.07) is 13.4. The third-order valence-electron chi connectivity index (χ3n) is 5.57. The summed E-state index contributed by atoms with van der Waals surface area (Å²) in [5, 5.41) is 11.3. The number of hydrogen-bond acceptors (Lipinski definition) is 6. The van der Waals surface area contributed by atoms with E-state index in [1.807, 2.05) is 26.8 Å². The summed E-state index contributed by atoms with van der Waals surface area (Å²) >= 11 is 0. The highest BCUT2D eigenvalue weighted by atomic mass is 16.6. The van der Waals surface area contributed by atoms with Crippen LogP contribution in [0.5, 0.6) is 11.5 Å². The van der Waals surface area contributed by atoms with Crippen molar-refractivity contribution in [1.29, 1.82) is 0 Å². The molecule has 0 N–H and O–H groups in total. The molecular weight excluding hydrogens is 424 g/mol. The Labute approximate surface area is 192 Å². The number of ketones is 1. The first-order valence-electron chi connectivity index (χ1n) is 10.5. The van der Waals surface area contributed by atoms with Crippen LogP contribution in [0.15, 0.2) is 48.5 Å². The van der Waals surface area contributed by atoms with E-state index in [2.05, 4.69) is 4.57 Å². The van der Waals surface area contributed by atoms with Gasteiger partial charge >= 0.3 is 0 Å². The molecule has 33 heavy (non-hydrogen) atoms.